The molecule has 19 heavy (non-hydrogen) atoms. The van der Waals surface area contributed by atoms with Crippen molar-refractivity contribution < 1.29 is 9.72 Å². The molecule has 0 saturated carbocycles. The van der Waals surface area contributed by atoms with Crippen molar-refractivity contribution in [2.45, 2.75) is 39.2 Å². The summed E-state index contributed by atoms with van der Waals surface area (Å²) in [4.78, 5) is 25.9. The smallest absolute Gasteiger partial charge is 0.300 e. The first-order valence-corrected chi connectivity index (χ1v) is 6.48. The second-order valence-corrected chi connectivity index (χ2v) is 4.54. The fourth-order valence-corrected chi connectivity index (χ4v) is 1.90. The number of carbonyl (C=O) groups excluding carboxylic acids is 1. The van der Waals surface area contributed by atoms with Crippen molar-refractivity contribution in [2.24, 2.45) is 0 Å². The second kappa shape index (κ2) is 7.04. The quantitative estimate of drug-likeness (QED) is 0.495. The molecule has 0 aliphatic heterocycles. The standard InChI is InChI=1S/C12H16ClN3O3/c1-3-5-8(4-2)15-12(17)9-6-11(13)14-7-10(9)16(18)19/h6-8H,3-5H2,1-2H3,(H,15,17). The first-order valence-electron chi connectivity index (χ1n) is 6.10. The Balaban J connectivity index is 2.98. The third-order valence-corrected chi connectivity index (χ3v) is 2.96. The van der Waals surface area contributed by atoms with Crippen molar-refractivity contribution in [3.05, 3.63) is 33.1 Å². The fourth-order valence-electron chi connectivity index (χ4n) is 1.74. The maximum atomic E-state index is 12.1. The highest BCUT2D eigenvalue weighted by atomic mass is 35.5. The number of carbonyl (C=O) groups is 1. The van der Waals surface area contributed by atoms with Crippen LogP contribution >= 0.6 is 11.6 Å². The molecule has 0 aliphatic carbocycles. The maximum absolute atomic E-state index is 12.1. The third kappa shape index (κ3) is 4.17. The number of rotatable bonds is 6. The normalized spacial score (nSPS) is 11.9. The average Bonchev–Trinajstić information content (AvgIpc) is 2.37. The summed E-state index contributed by atoms with van der Waals surface area (Å²) in [6.45, 7) is 3.97. The molecule has 0 bridgehead atoms. The molecule has 104 valence electrons. The van der Waals surface area contributed by atoms with E-state index >= 15 is 0 Å². The van der Waals surface area contributed by atoms with Crippen LogP contribution in [0.25, 0.3) is 0 Å². The van der Waals surface area contributed by atoms with Gasteiger partial charge < -0.3 is 5.32 Å². The number of hydrogen-bond donors (Lipinski definition) is 1. The van der Waals surface area contributed by atoms with Gasteiger partial charge in [-0.05, 0) is 18.9 Å². The number of pyridine rings is 1. The summed E-state index contributed by atoms with van der Waals surface area (Å²) in [7, 11) is 0. The molecule has 1 heterocycles. The highest BCUT2D eigenvalue weighted by Gasteiger charge is 2.22. The van der Waals surface area contributed by atoms with Crippen LogP contribution in [0.15, 0.2) is 12.3 Å². The summed E-state index contributed by atoms with van der Waals surface area (Å²) >= 11 is 5.68. The molecule has 0 aliphatic rings. The van der Waals surface area contributed by atoms with Gasteiger partial charge in [-0.1, -0.05) is 31.9 Å². The first-order chi connectivity index (χ1) is 8.99. The molecule has 1 atom stereocenters. The van der Waals surface area contributed by atoms with Crippen LogP contribution in [-0.2, 0) is 0 Å². The Hall–Kier alpha value is -1.69. The predicted octanol–water partition coefficient (Wildman–Crippen LogP) is 2.95. The van der Waals surface area contributed by atoms with Gasteiger partial charge in [-0.2, -0.15) is 0 Å². The van der Waals surface area contributed by atoms with E-state index in [1.54, 1.807) is 0 Å². The van der Waals surface area contributed by atoms with Gasteiger partial charge in [0.1, 0.15) is 16.9 Å². The lowest BCUT2D eigenvalue weighted by atomic mass is 10.1. The zero-order valence-corrected chi connectivity index (χ0v) is 11.6. The molecule has 0 spiro atoms. The van der Waals surface area contributed by atoms with E-state index < -0.39 is 10.8 Å². The Morgan fingerprint density at radius 3 is 2.79 bits per heavy atom. The van der Waals surface area contributed by atoms with Gasteiger partial charge in [0.2, 0.25) is 0 Å². The molecule has 0 radical (unpaired) electrons. The number of nitrogens with zero attached hydrogens (tertiary/aromatic N) is 2. The lowest BCUT2D eigenvalue weighted by Gasteiger charge is -2.15. The number of nitrogens with one attached hydrogen (secondary N) is 1. The minimum Gasteiger partial charge on any atom is -0.349 e. The minimum absolute atomic E-state index is 0.00375. The van der Waals surface area contributed by atoms with Gasteiger partial charge in [0.25, 0.3) is 11.6 Å². The van der Waals surface area contributed by atoms with Crippen LogP contribution in [0.4, 0.5) is 5.69 Å². The van der Waals surface area contributed by atoms with Crippen LogP contribution in [0, 0.1) is 10.1 Å². The van der Waals surface area contributed by atoms with Gasteiger partial charge in [0.15, 0.2) is 0 Å². The molecule has 1 amide bonds. The van der Waals surface area contributed by atoms with E-state index in [2.05, 4.69) is 10.3 Å². The Bertz CT molecular complexity index is 479. The van der Waals surface area contributed by atoms with Gasteiger partial charge in [-0.15, -0.1) is 0 Å². The zero-order chi connectivity index (χ0) is 14.4. The number of amides is 1. The van der Waals surface area contributed by atoms with Crippen molar-refractivity contribution in [3.8, 4) is 0 Å². The Labute approximate surface area is 116 Å². The van der Waals surface area contributed by atoms with Crippen LogP contribution < -0.4 is 5.32 Å². The molecule has 0 fully saturated rings. The minimum atomic E-state index is -0.640. The van der Waals surface area contributed by atoms with Crippen molar-refractivity contribution in [1.82, 2.24) is 10.3 Å². The Morgan fingerprint density at radius 2 is 2.26 bits per heavy atom. The van der Waals surface area contributed by atoms with Crippen molar-refractivity contribution in [2.75, 3.05) is 0 Å². The summed E-state index contributed by atoms with van der Waals surface area (Å²) < 4.78 is 0. The number of nitro groups is 1. The van der Waals surface area contributed by atoms with E-state index in [0.717, 1.165) is 25.5 Å². The van der Waals surface area contributed by atoms with Gasteiger partial charge in [-0.25, -0.2) is 4.98 Å². The lowest BCUT2D eigenvalue weighted by Crippen LogP contribution is -2.34. The van der Waals surface area contributed by atoms with Crippen LogP contribution in [0.2, 0.25) is 5.15 Å². The molecule has 1 aromatic rings. The summed E-state index contributed by atoms with van der Waals surface area (Å²) in [6.07, 6.45) is 3.52. The molecule has 0 aromatic carbocycles. The highest BCUT2D eigenvalue weighted by Crippen LogP contribution is 2.20. The van der Waals surface area contributed by atoms with E-state index in [-0.39, 0.29) is 22.4 Å². The first kappa shape index (κ1) is 15.4. The van der Waals surface area contributed by atoms with E-state index in [0.29, 0.717) is 0 Å². The molecule has 1 unspecified atom stereocenters. The molecular formula is C12H16ClN3O3. The zero-order valence-electron chi connectivity index (χ0n) is 10.9. The second-order valence-electron chi connectivity index (χ2n) is 4.15. The molecule has 1 aromatic heterocycles. The molecular weight excluding hydrogens is 270 g/mol. The van der Waals surface area contributed by atoms with E-state index in [4.69, 9.17) is 11.6 Å². The maximum Gasteiger partial charge on any atom is 0.300 e. The monoisotopic (exact) mass is 285 g/mol. The van der Waals surface area contributed by atoms with Crippen LogP contribution in [-0.4, -0.2) is 21.9 Å². The third-order valence-electron chi connectivity index (χ3n) is 2.76. The summed E-state index contributed by atoms with van der Waals surface area (Å²) in [5.41, 5.74) is -0.396. The van der Waals surface area contributed by atoms with Gasteiger partial charge >= 0.3 is 0 Å². The number of halogens is 1. The van der Waals surface area contributed by atoms with E-state index in [1.165, 1.54) is 6.07 Å². The largest absolute Gasteiger partial charge is 0.349 e. The summed E-state index contributed by atoms with van der Waals surface area (Å²) in [5.74, 6) is -0.490. The summed E-state index contributed by atoms with van der Waals surface area (Å²) in [6, 6.07) is 1.22. The van der Waals surface area contributed by atoms with Crippen LogP contribution in [0.5, 0.6) is 0 Å². The molecule has 1 rings (SSSR count). The molecule has 6 nitrogen and oxygen atoms in total. The molecule has 0 saturated heterocycles. The van der Waals surface area contributed by atoms with Crippen molar-refractivity contribution >= 4 is 23.2 Å². The van der Waals surface area contributed by atoms with E-state index in [1.807, 2.05) is 13.8 Å². The molecule has 7 heteroatoms. The average molecular weight is 286 g/mol. The fraction of sp³-hybridized carbons (Fsp3) is 0.500. The van der Waals surface area contributed by atoms with Crippen molar-refractivity contribution in [3.63, 3.8) is 0 Å². The topological polar surface area (TPSA) is 85.1 Å². The Kier molecular flexibility index (Phi) is 5.69. The highest BCUT2D eigenvalue weighted by molar-refractivity contribution is 6.29. The van der Waals surface area contributed by atoms with Gasteiger partial charge in [-0.3, -0.25) is 14.9 Å². The number of aromatic nitrogens is 1. The Morgan fingerprint density at radius 1 is 1.58 bits per heavy atom. The number of hydrogen-bond acceptors (Lipinski definition) is 4. The SMILES string of the molecule is CCCC(CC)NC(=O)c1cc(Cl)ncc1[N+](=O)[O-]. The van der Waals surface area contributed by atoms with Crippen LogP contribution in [0.3, 0.4) is 0 Å². The summed E-state index contributed by atoms with van der Waals surface area (Å²) in [5, 5.41) is 13.7. The van der Waals surface area contributed by atoms with Crippen LogP contribution in [0.1, 0.15) is 43.5 Å². The lowest BCUT2D eigenvalue weighted by molar-refractivity contribution is -0.385. The van der Waals surface area contributed by atoms with Gasteiger partial charge in [0, 0.05) is 6.04 Å². The van der Waals surface area contributed by atoms with E-state index in [9.17, 15) is 14.9 Å². The molecule has 1 N–H and O–H groups in total. The predicted molar refractivity (Wildman–Crippen MR) is 72.4 cm³/mol. The van der Waals surface area contributed by atoms with Gasteiger partial charge in [0.05, 0.1) is 4.92 Å². The van der Waals surface area contributed by atoms with Crippen molar-refractivity contribution in [1.29, 1.82) is 0 Å².